The fraction of sp³-hybridized carbons (Fsp3) is 0.500. The molecular formula is C2H2F3P. The summed E-state index contributed by atoms with van der Waals surface area (Å²) in [6.45, 7) is 0. The Morgan fingerprint density at radius 1 is 1.33 bits per heavy atom. The zero-order valence-corrected chi connectivity index (χ0v) is 3.71. The van der Waals surface area contributed by atoms with Crippen LogP contribution in [0.15, 0.2) is 0 Å². The van der Waals surface area contributed by atoms with Gasteiger partial charge in [-0.2, -0.15) is 13.2 Å². The molecule has 0 rings (SSSR count). The lowest BCUT2D eigenvalue weighted by atomic mass is 10.8. The molecule has 0 heterocycles. The van der Waals surface area contributed by atoms with Crippen molar-refractivity contribution in [2.24, 2.45) is 0 Å². The highest BCUT2D eigenvalue weighted by atomic mass is 31.0. The van der Waals surface area contributed by atoms with Crippen molar-refractivity contribution >= 4 is 14.7 Å². The van der Waals surface area contributed by atoms with E-state index in [1.165, 1.54) is 0 Å². The zero-order chi connectivity index (χ0) is 5.21. The van der Waals surface area contributed by atoms with E-state index in [1.54, 1.807) is 0 Å². The van der Waals surface area contributed by atoms with E-state index < -0.39 is 6.18 Å². The summed E-state index contributed by atoms with van der Waals surface area (Å²) in [5.41, 5.74) is 0. The summed E-state index contributed by atoms with van der Waals surface area (Å²) < 4.78 is 32.0. The lowest BCUT2D eigenvalue weighted by Crippen LogP contribution is -2.05. The Morgan fingerprint density at radius 2 is 1.50 bits per heavy atom. The molecule has 0 radical (unpaired) electrons. The minimum absolute atomic E-state index is 0.00694. The van der Waals surface area contributed by atoms with Crippen molar-refractivity contribution in [1.82, 2.24) is 0 Å². The summed E-state index contributed by atoms with van der Waals surface area (Å²) >= 11 is 0. The molecule has 0 amide bonds. The third-order valence-electron chi connectivity index (χ3n) is 0.164. The molecule has 0 aromatic heterocycles. The summed E-state index contributed by atoms with van der Waals surface area (Å²) in [5, 5.41) is 0. The third kappa shape index (κ3) is 3.96. The molecule has 0 aliphatic rings. The van der Waals surface area contributed by atoms with Gasteiger partial charge in [0, 0.05) is 5.80 Å². The molecule has 0 spiro atoms. The zero-order valence-electron chi connectivity index (χ0n) is 2.71. The second-order valence-corrected chi connectivity index (χ2v) is 0.975. The van der Waals surface area contributed by atoms with Gasteiger partial charge in [0.25, 0.3) is 0 Å². The lowest BCUT2D eigenvalue weighted by Gasteiger charge is -1.91. The smallest absolute Gasteiger partial charge is 0.166 e. The van der Waals surface area contributed by atoms with Crippen molar-refractivity contribution in [3.05, 3.63) is 0 Å². The molecule has 0 aromatic rings. The van der Waals surface area contributed by atoms with Crippen molar-refractivity contribution in [3.8, 4) is 0 Å². The van der Waals surface area contributed by atoms with E-state index in [2.05, 4.69) is 8.86 Å². The maximum absolute atomic E-state index is 10.7. The van der Waals surface area contributed by atoms with E-state index in [0.717, 1.165) is 0 Å². The number of alkyl halides is 3. The monoisotopic (exact) mass is 114 g/mol. The van der Waals surface area contributed by atoms with Gasteiger partial charge in [0.2, 0.25) is 0 Å². The normalized spacial score (nSPS) is 11.2. The Kier molecular flexibility index (Phi) is 1.59. The minimum atomic E-state index is -4.17. The predicted molar refractivity (Wildman–Crippen MR) is 20.4 cm³/mol. The van der Waals surface area contributed by atoms with Crippen LogP contribution in [0.1, 0.15) is 0 Å². The first-order chi connectivity index (χ1) is 2.56. The van der Waals surface area contributed by atoms with Gasteiger partial charge in [0.05, 0.1) is 0 Å². The van der Waals surface area contributed by atoms with Gasteiger partial charge < -0.3 is 0 Å². The average molecular weight is 114 g/mol. The molecule has 0 aliphatic heterocycles. The maximum atomic E-state index is 10.7. The fourth-order valence-corrected chi connectivity index (χ4v) is 0. The second-order valence-electron chi connectivity index (χ2n) is 0.686. The van der Waals surface area contributed by atoms with Crippen LogP contribution in [0.2, 0.25) is 0 Å². The van der Waals surface area contributed by atoms with Crippen LogP contribution in [-0.4, -0.2) is 12.0 Å². The van der Waals surface area contributed by atoms with Crippen molar-refractivity contribution in [3.63, 3.8) is 0 Å². The number of halogens is 3. The molecule has 0 bridgehead atoms. The Balaban J connectivity index is 3.45. The van der Waals surface area contributed by atoms with Crippen LogP contribution in [0.25, 0.3) is 0 Å². The standard InChI is InChI=1S/C2H2F3P/c3-2(4,5)1-6/h1,6H. The van der Waals surface area contributed by atoms with Crippen LogP contribution in [-0.2, 0) is 0 Å². The van der Waals surface area contributed by atoms with Crippen LogP contribution in [0.4, 0.5) is 13.2 Å². The van der Waals surface area contributed by atoms with E-state index in [4.69, 9.17) is 0 Å². The van der Waals surface area contributed by atoms with Gasteiger partial charge in [-0.3, -0.25) is 0 Å². The quantitative estimate of drug-likeness (QED) is 0.418. The Morgan fingerprint density at radius 3 is 1.50 bits per heavy atom. The predicted octanol–water partition coefficient (Wildman–Crippen LogP) is 1.49. The van der Waals surface area contributed by atoms with Gasteiger partial charge in [-0.15, -0.1) is 8.86 Å². The maximum Gasteiger partial charge on any atom is 0.413 e. The Bertz CT molecular complexity index is 54.3. The minimum Gasteiger partial charge on any atom is -0.166 e. The largest absolute Gasteiger partial charge is 0.413 e. The van der Waals surface area contributed by atoms with E-state index in [9.17, 15) is 13.2 Å². The molecular weight excluding hydrogens is 112 g/mol. The first kappa shape index (κ1) is 5.96. The average Bonchev–Trinajstić information content (AvgIpc) is 1.35. The summed E-state index contributed by atoms with van der Waals surface area (Å²) in [4.78, 5) is 0. The first-order valence-electron chi connectivity index (χ1n) is 1.14. The second kappa shape index (κ2) is 1.61. The summed E-state index contributed by atoms with van der Waals surface area (Å²) in [6.07, 6.45) is -4.17. The van der Waals surface area contributed by atoms with Gasteiger partial charge >= 0.3 is 6.18 Å². The molecule has 0 fully saturated rings. The molecule has 0 aliphatic carbocycles. The molecule has 4 heteroatoms. The topological polar surface area (TPSA) is 0 Å². The highest BCUT2D eigenvalue weighted by Gasteiger charge is 2.20. The van der Waals surface area contributed by atoms with Crippen molar-refractivity contribution in [2.45, 2.75) is 6.18 Å². The molecule has 0 N–H and O–H groups in total. The third-order valence-corrected chi connectivity index (χ3v) is 0.491. The van der Waals surface area contributed by atoms with E-state index in [1.807, 2.05) is 0 Å². The highest BCUT2D eigenvalue weighted by molar-refractivity contribution is 7.18. The summed E-state index contributed by atoms with van der Waals surface area (Å²) in [7, 11) is 2.16. The highest BCUT2D eigenvalue weighted by Crippen LogP contribution is 2.10. The van der Waals surface area contributed by atoms with Crippen molar-refractivity contribution in [1.29, 1.82) is 0 Å². The van der Waals surface area contributed by atoms with Gasteiger partial charge in [-0.1, -0.05) is 0 Å². The number of hydrogen-bond donors (Lipinski definition) is 0. The van der Waals surface area contributed by atoms with Crippen LogP contribution >= 0.6 is 8.86 Å². The summed E-state index contributed by atoms with van der Waals surface area (Å²) in [5.74, 6) is -0.00694. The number of hydrogen-bond acceptors (Lipinski definition) is 0. The molecule has 0 unspecified atom stereocenters. The molecule has 0 saturated carbocycles. The summed E-state index contributed by atoms with van der Waals surface area (Å²) in [6, 6.07) is 0. The van der Waals surface area contributed by atoms with Crippen molar-refractivity contribution in [2.75, 3.05) is 0 Å². The van der Waals surface area contributed by atoms with E-state index >= 15 is 0 Å². The van der Waals surface area contributed by atoms with Gasteiger partial charge in [-0.25, -0.2) is 0 Å². The molecule has 36 valence electrons. The van der Waals surface area contributed by atoms with Crippen LogP contribution in [0.3, 0.4) is 0 Å². The molecule has 0 saturated heterocycles. The van der Waals surface area contributed by atoms with Gasteiger partial charge in [0.1, 0.15) is 0 Å². The van der Waals surface area contributed by atoms with Crippen LogP contribution in [0.5, 0.6) is 0 Å². The molecule has 0 aromatic carbocycles. The van der Waals surface area contributed by atoms with E-state index in [0.29, 0.717) is 0 Å². The molecule has 0 atom stereocenters. The lowest BCUT2D eigenvalue weighted by molar-refractivity contribution is -0.0515. The Labute approximate surface area is 35.2 Å². The van der Waals surface area contributed by atoms with Crippen LogP contribution in [0, 0.1) is 0 Å². The Hall–Kier alpha value is -0.0400. The van der Waals surface area contributed by atoms with E-state index in [-0.39, 0.29) is 5.80 Å². The first-order valence-corrected chi connectivity index (χ1v) is 1.72. The number of rotatable bonds is 0. The molecule has 6 heavy (non-hydrogen) atoms. The fourth-order valence-electron chi connectivity index (χ4n) is 0. The SMILES string of the molecule is FC(F)(F)C=P. The molecule has 0 nitrogen and oxygen atoms in total. The van der Waals surface area contributed by atoms with Crippen LogP contribution < -0.4 is 0 Å². The van der Waals surface area contributed by atoms with Crippen molar-refractivity contribution < 1.29 is 13.2 Å². The van der Waals surface area contributed by atoms with Gasteiger partial charge in [-0.05, 0) is 0 Å². The van der Waals surface area contributed by atoms with Gasteiger partial charge in [0.15, 0.2) is 0 Å².